The van der Waals surface area contributed by atoms with Crippen LogP contribution in [0.4, 0.5) is 0 Å². The summed E-state index contributed by atoms with van der Waals surface area (Å²) in [6.45, 7) is 7.64. The monoisotopic (exact) mass is 263 g/mol. The minimum absolute atomic E-state index is 0.110. The molecule has 0 fully saturated rings. The number of ether oxygens (including phenoxy) is 1. The molecule has 1 aromatic rings. The summed E-state index contributed by atoms with van der Waals surface area (Å²) in [7, 11) is 0. The van der Waals surface area contributed by atoms with Crippen molar-refractivity contribution in [3.05, 3.63) is 29.8 Å². The lowest BCUT2D eigenvalue weighted by atomic mass is 10.2. The first-order chi connectivity index (χ1) is 9.11. The van der Waals surface area contributed by atoms with Crippen molar-refractivity contribution < 1.29 is 9.53 Å². The molecule has 0 bridgehead atoms. The molecular weight excluding hydrogens is 238 g/mol. The van der Waals surface area contributed by atoms with Crippen LogP contribution < -0.4 is 10.1 Å². The molecule has 0 radical (unpaired) electrons. The van der Waals surface area contributed by atoms with Gasteiger partial charge < -0.3 is 10.1 Å². The highest BCUT2D eigenvalue weighted by Gasteiger charge is 2.02. The number of aryl methyl sites for hydroxylation is 1. The Morgan fingerprint density at radius 1 is 1.26 bits per heavy atom. The molecule has 3 heteroatoms. The summed E-state index contributed by atoms with van der Waals surface area (Å²) in [6.07, 6.45) is 2.32. The van der Waals surface area contributed by atoms with Gasteiger partial charge in [0, 0.05) is 13.0 Å². The topological polar surface area (TPSA) is 38.3 Å². The van der Waals surface area contributed by atoms with Crippen LogP contribution in [0.2, 0.25) is 0 Å². The number of hydrogen-bond acceptors (Lipinski definition) is 2. The Morgan fingerprint density at radius 3 is 2.53 bits per heavy atom. The van der Waals surface area contributed by atoms with Gasteiger partial charge >= 0.3 is 0 Å². The number of rotatable bonds is 8. The predicted molar refractivity (Wildman–Crippen MR) is 78.4 cm³/mol. The second kappa shape index (κ2) is 8.57. The van der Waals surface area contributed by atoms with Crippen molar-refractivity contribution in [1.82, 2.24) is 5.32 Å². The van der Waals surface area contributed by atoms with Crippen molar-refractivity contribution in [2.45, 2.75) is 40.0 Å². The largest absolute Gasteiger partial charge is 0.494 e. The van der Waals surface area contributed by atoms with Gasteiger partial charge in [0.05, 0.1) is 6.61 Å². The van der Waals surface area contributed by atoms with Crippen molar-refractivity contribution in [2.75, 3.05) is 13.2 Å². The summed E-state index contributed by atoms with van der Waals surface area (Å²) >= 11 is 0. The first-order valence-electron chi connectivity index (χ1n) is 7.10. The third-order valence-corrected chi connectivity index (χ3v) is 2.86. The van der Waals surface area contributed by atoms with Gasteiger partial charge in [-0.2, -0.15) is 0 Å². The average Bonchev–Trinajstić information content (AvgIpc) is 2.42. The van der Waals surface area contributed by atoms with E-state index in [4.69, 9.17) is 4.74 Å². The van der Waals surface area contributed by atoms with Crippen molar-refractivity contribution in [1.29, 1.82) is 0 Å². The fraction of sp³-hybridized carbons (Fsp3) is 0.562. The molecule has 1 N–H and O–H groups in total. The van der Waals surface area contributed by atoms with Gasteiger partial charge in [0.2, 0.25) is 5.91 Å². The second-order valence-corrected chi connectivity index (χ2v) is 5.15. The zero-order valence-electron chi connectivity index (χ0n) is 12.2. The Morgan fingerprint density at radius 2 is 1.95 bits per heavy atom. The molecule has 19 heavy (non-hydrogen) atoms. The molecule has 1 amide bonds. The molecule has 1 aromatic carbocycles. The van der Waals surface area contributed by atoms with Crippen LogP contribution in [-0.4, -0.2) is 19.1 Å². The first kappa shape index (κ1) is 15.5. The first-order valence-corrected chi connectivity index (χ1v) is 7.10. The molecule has 3 nitrogen and oxygen atoms in total. The number of benzene rings is 1. The highest BCUT2D eigenvalue weighted by Crippen LogP contribution is 2.12. The van der Waals surface area contributed by atoms with Gasteiger partial charge in [0.15, 0.2) is 0 Å². The molecule has 0 heterocycles. The predicted octanol–water partition coefficient (Wildman–Crippen LogP) is 3.18. The van der Waals surface area contributed by atoms with E-state index < -0.39 is 0 Å². The van der Waals surface area contributed by atoms with Crippen LogP contribution in [0.15, 0.2) is 24.3 Å². The van der Waals surface area contributed by atoms with Crippen LogP contribution in [0.1, 0.15) is 39.2 Å². The lowest BCUT2D eigenvalue weighted by Gasteiger charge is -2.08. The Bertz CT molecular complexity index is 371. The van der Waals surface area contributed by atoms with E-state index in [1.807, 2.05) is 12.1 Å². The van der Waals surface area contributed by atoms with Crippen LogP contribution in [0.25, 0.3) is 0 Å². The molecule has 0 saturated carbocycles. The summed E-state index contributed by atoms with van der Waals surface area (Å²) < 4.78 is 5.60. The summed E-state index contributed by atoms with van der Waals surface area (Å²) in [5.41, 5.74) is 1.31. The van der Waals surface area contributed by atoms with E-state index in [0.717, 1.165) is 25.1 Å². The number of carbonyl (C=O) groups excluding carboxylic acids is 1. The molecular formula is C16H25NO2. The molecule has 0 spiro atoms. The van der Waals surface area contributed by atoms with Crippen molar-refractivity contribution in [3.63, 3.8) is 0 Å². The Balaban J connectivity index is 2.14. The number of nitrogens with one attached hydrogen (secondary N) is 1. The maximum atomic E-state index is 11.5. The highest BCUT2D eigenvalue weighted by molar-refractivity contribution is 5.75. The van der Waals surface area contributed by atoms with Gasteiger partial charge in [-0.1, -0.05) is 32.9 Å². The number of carbonyl (C=O) groups is 1. The van der Waals surface area contributed by atoms with Crippen LogP contribution in [-0.2, 0) is 11.2 Å². The lowest BCUT2D eigenvalue weighted by molar-refractivity contribution is -0.121. The van der Waals surface area contributed by atoms with Gasteiger partial charge in [-0.05, 0) is 36.5 Å². The Labute approximate surface area is 116 Å². The molecule has 106 valence electrons. The third-order valence-electron chi connectivity index (χ3n) is 2.86. The Kier molecular flexibility index (Phi) is 7.01. The zero-order chi connectivity index (χ0) is 14.1. The third kappa shape index (κ3) is 6.85. The van der Waals surface area contributed by atoms with Gasteiger partial charge in [0.1, 0.15) is 5.75 Å². The van der Waals surface area contributed by atoms with Crippen molar-refractivity contribution in [2.24, 2.45) is 5.92 Å². The molecule has 0 atom stereocenters. The van der Waals surface area contributed by atoms with E-state index in [9.17, 15) is 4.79 Å². The van der Waals surface area contributed by atoms with Crippen molar-refractivity contribution >= 4 is 5.91 Å². The quantitative estimate of drug-likeness (QED) is 0.732. The maximum Gasteiger partial charge on any atom is 0.220 e. The van der Waals surface area contributed by atoms with E-state index in [1.54, 1.807) is 0 Å². The number of amides is 1. The SMILES string of the molecule is CCc1ccc(OCCCC(=O)NCC(C)C)cc1. The van der Waals surface area contributed by atoms with E-state index in [1.165, 1.54) is 5.56 Å². The average molecular weight is 263 g/mol. The second-order valence-electron chi connectivity index (χ2n) is 5.15. The smallest absolute Gasteiger partial charge is 0.220 e. The molecule has 0 saturated heterocycles. The fourth-order valence-corrected chi connectivity index (χ4v) is 1.65. The normalized spacial score (nSPS) is 10.5. The van der Waals surface area contributed by atoms with Gasteiger partial charge in [-0.3, -0.25) is 4.79 Å². The minimum atomic E-state index is 0.110. The maximum absolute atomic E-state index is 11.5. The molecule has 1 rings (SSSR count). The molecule has 0 aliphatic carbocycles. The van der Waals surface area contributed by atoms with Crippen LogP contribution >= 0.6 is 0 Å². The van der Waals surface area contributed by atoms with Gasteiger partial charge in [-0.15, -0.1) is 0 Å². The minimum Gasteiger partial charge on any atom is -0.494 e. The van der Waals surface area contributed by atoms with Gasteiger partial charge in [0.25, 0.3) is 0 Å². The van der Waals surface area contributed by atoms with Crippen LogP contribution in [0, 0.1) is 5.92 Å². The molecule has 0 unspecified atom stereocenters. The standard InChI is InChI=1S/C16H25NO2/c1-4-14-7-9-15(10-8-14)19-11-5-6-16(18)17-12-13(2)3/h7-10,13H,4-6,11-12H2,1-3H3,(H,17,18). The summed E-state index contributed by atoms with van der Waals surface area (Å²) in [6, 6.07) is 8.12. The fourth-order valence-electron chi connectivity index (χ4n) is 1.65. The molecule has 0 aromatic heterocycles. The van der Waals surface area contributed by atoms with Crippen LogP contribution in [0.3, 0.4) is 0 Å². The van der Waals surface area contributed by atoms with E-state index in [0.29, 0.717) is 18.9 Å². The highest BCUT2D eigenvalue weighted by atomic mass is 16.5. The van der Waals surface area contributed by atoms with E-state index in [-0.39, 0.29) is 5.91 Å². The molecule has 0 aliphatic rings. The molecule has 0 aliphatic heterocycles. The van der Waals surface area contributed by atoms with Crippen molar-refractivity contribution in [3.8, 4) is 5.75 Å². The number of hydrogen-bond donors (Lipinski definition) is 1. The zero-order valence-corrected chi connectivity index (χ0v) is 12.2. The summed E-state index contributed by atoms with van der Waals surface area (Å²) in [5, 5.41) is 2.90. The van der Waals surface area contributed by atoms with Crippen LogP contribution in [0.5, 0.6) is 5.75 Å². The summed E-state index contributed by atoms with van der Waals surface area (Å²) in [5.74, 6) is 1.48. The Hall–Kier alpha value is -1.51. The van der Waals surface area contributed by atoms with E-state index in [2.05, 4.69) is 38.2 Å². The summed E-state index contributed by atoms with van der Waals surface area (Å²) in [4.78, 5) is 11.5. The van der Waals surface area contributed by atoms with Gasteiger partial charge in [-0.25, -0.2) is 0 Å². The lowest BCUT2D eigenvalue weighted by Crippen LogP contribution is -2.27. The van der Waals surface area contributed by atoms with E-state index >= 15 is 0 Å².